The number of amides is 1. The first-order valence-electron chi connectivity index (χ1n) is 10.9. The summed E-state index contributed by atoms with van der Waals surface area (Å²) >= 11 is 0. The van der Waals surface area contributed by atoms with E-state index in [1.54, 1.807) is 26.4 Å². The summed E-state index contributed by atoms with van der Waals surface area (Å²) in [6.07, 6.45) is 2.40. The van der Waals surface area contributed by atoms with Crippen LogP contribution in [0.15, 0.2) is 43.0 Å². The van der Waals surface area contributed by atoms with Crippen LogP contribution in [0.5, 0.6) is 23.0 Å². The predicted molar refractivity (Wildman–Crippen MR) is 122 cm³/mol. The number of nitrogens with zero attached hydrogens (tertiary/aromatic N) is 2. The monoisotopic (exact) mass is 438 g/mol. The first-order valence-corrected chi connectivity index (χ1v) is 10.9. The van der Waals surface area contributed by atoms with Gasteiger partial charge < -0.3 is 23.8 Å². The molecule has 1 fully saturated rings. The fraction of sp³-hybridized carbons (Fsp3) is 0.400. The Morgan fingerprint density at radius 2 is 1.78 bits per heavy atom. The fourth-order valence-electron chi connectivity index (χ4n) is 4.21. The number of methoxy groups -OCH3 is 2. The van der Waals surface area contributed by atoms with Crippen LogP contribution < -0.4 is 18.9 Å². The molecule has 0 bridgehead atoms. The SMILES string of the molecule is C=CCc1cc(C(=O)N2CCN(Cc3ccc4c(c3)OCCO4)CC2)cc(OC)c1OC. The van der Waals surface area contributed by atoms with E-state index in [-0.39, 0.29) is 5.91 Å². The van der Waals surface area contributed by atoms with Gasteiger partial charge in [0.25, 0.3) is 5.91 Å². The standard InChI is InChI=1S/C25H30N2O5/c1-4-5-19-15-20(16-23(29-2)24(19)30-3)25(28)27-10-8-26(9-11-27)17-18-6-7-21-22(14-18)32-13-12-31-21/h4,6-7,14-16H,1,5,8-13,17H2,2-3H3. The summed E-state index contributed by atoms with van der Waals surface area (Å²) in [5.74, 6) is 2.84. The van der Waals surface area contributed by atoms with Crippen molar-refractivity contribution in [3.63, 3.8) is 0 Å². The molecule has 2 heterocycles. The number of hydrogen-bond donors (Lipinski definition) is 0. The van der Waals surface area contributed by atoms with E-state index in [2.05, 4.69) is 23.6 Å². The minimum atomic E-state index is 0.00949. The Bertz CT molecular complexity index is 983. The third-order valence-corrected chi connectivity index (χ3v) is 5.84. The van der Waals surface area contributed by atoms with E-state index in [1.165, 1.54) is 5.56 Å². The number of allylic oxidation sites excluding steroid dienone is 1. The highest BCUT2D eigenvalue weighted by atomic mass is 16.6. The Morgan fingerprint density at radius 3 is 2.47 bits per heavy atom. The summed E-state index contributed by atoms with van der Waals surface area (Å²) in [6, 6.07) is 9.75. The second-order valence-electron chi connectivity index (χ2n) is 7.91. The largest absolute Gasteiger partial charge is 0.493 e. The lowest BCUT2D eigenvalue weighted by atomic mass is 10.0. The molecule has 0 aromatic heterocycles. The van der Waals surface area contributed by atoms with Gasteiger partial charge in [0.2, 0.25) is 0 Å². The summed E-state index contributed by atoms with van der Waals surface area (Å²) in [6.45, 7) is 8.78. The van der Waals surface area contributed by atoms with Crippen molar-refractivity contribution in [2.24, 2.45) is 0 Å². The summed E-state index contributed by atoms with van der Waals surface area (Å²) < 4.78 is 22.2. The lowest BCUT2D eigenvalue weighted by Gasteiger charge is -2.35. The quantitative estimate of drug-likeness (QED) is 0.619. The van der Waals surface area contributed by atoms with Crippen molar-refractivity contribution in [2.75, 3.05) is 53.6 Å². The minimum absolute atomic E-state index is 0.00949. The van der Waals surface area contributed by atoms with Gasteiger partial charge in [-0.25, -0.2) is 0 Å². The molecule has 2 aliphatic rings. The van der Waals surface area contributed by atoms with Gasteiger partial charge in [0.1, 0.15) is 13.2 Å². The number of hydrogen-bond acceptors (Lipinski definition) is 6. The first kappa shape index (κ1) is 22.0. The average Bonchev–Trinajstić information content (AvgIpc) is 2.83. The van der Waals surface area contributed by atoms with E-state index in [4.69, 9.17) is 18.9 Å². The van der Waals surface area contributed by atoms with Crippen molar-refractivity contribution in [2.45, 2.75) is 13.0 Å². The summed E-state index contributed by atoms with van der Waals surface area (Å²) in [7, 11) is 3.19. The van der Waals surface area contributed by atoms with Crippen LogP contribution in [0.1, 0.15) is 21.5 Å². The van der Waals surface area contributed by atoms with E-state index < -0.39 is 0 Å². The Labute approximate surface area is 189 Å². The second-order valence-corrected chi connectivity index (χ2v) is 7.91. The molecule has 2 aromatic carbocycles. The maximum Gasteiger partial charge on any atom is 0.254 e. The fourth-order valence-corrected chi connectivity index (χ4v) is 4.21. The first-order chi connectivity index (χ1) is 15.6. The maximum absolute atomic E-state index is 13.2. The predicted octanol–water partition coefficient (Wildman–Crippen LogP) is 3.16. The Morgan fingerprint density at radius 1 is 1.03 bits per heavy atom. The minimum Gasteiger partial charge on any atom is -0.493 e. The van der Waals surface area contributed by atoms with Crippen LogP contribution in [0.25, 0.3) is 0 Å². The van der Waals surface area contributed by atoms with Gasteiger partial charge in [0, 0.05) is 43.9 Å². The van der Waals surface area contributed by atoms with Crippen molar-refractivity contribution < 1.29 is 23.7 Å². The number of fused-ring (bicyclic) bond motifs is 1. The highest BCUT2D eigenvalue weighted by molar-refractivity contribution is 5.95. The van der Waals surface area contributed by atoms with Gasteiger partial charge in [-0.3, -0.25) is 9.69 Å². The van der Waals surface area contributed by atoms with Crippen molar-refractivity contribution >= 4 is 5.91 Å². The molecule has 170 valence electrons. The van der Waals surface area contributed by atoms with Gasteiger partial charge in [-0.15, -0.1) is 6.58 Å². The highest BCUT2D eigenvalue weighted by Crippen LogP contribution is 2.34. The number of rotatable bonds is 7. The van der Waals surface area contributed by atoms with Crippen LogP contribution in [0.3, 0.4) is 0 Å². The number of ether oxygens (including phenoxy) is 4. The number of carbonyl (C=O) groups excluding carboxylic acids is 1. The highest BCUT2D eigenvalue weighted by Gasteiger charge is 2.24. The summed E-state index contributed by atoms with van der Waals surface area (Å²) in [5.41, 5.74) is 2.69. The molecule has 0 N–H and O–H groups in total. The molecule has 0 unspecified atom stereocenters. The van der Waals surface area contributed by atoms with E-state index in [0.29, 0.717) is 49.8 Å². The number of carbonyl (C=O) groups is 1. The maximum atomic E-state index is 13.2. The summed E-state index contributed by atoms with van der Waals surface area (Å²) in [5, 5.41) is 0. The Balaban J connectivity index is 1.40. The zero-order chi connectivity index (χ0) is 22.5. The Kier molecular flexibility index (Phi) is 6.85. The zero-order valence-corrected chi connectivity index (χ0v) is 18.8. The van der Waals surface area contributed by atoms with E-state index in [0.717, 1.165) is 36.7 Å². The lowest BCUT2D eigenvalue weighted by Crippen LogP contribution is -2.48. The molecule has 32 heavy (non-hydrogen) atoms. The second kappa shape index (κ2) is 9.96. The molecule has 0 aliphatic carbocycles. The van der Waals surface area contributed by atoms with Gasteiger partial charge in [-0.1, -0.05) is 12.1 Å². The van der Waals surface area contributed by atoms with Crippen molar-refractivity contribution in [3.05, 3.63) is 59.7 Å². The smallest absolute Gasteiger partial charge is 0.254 e. The van der Waals surface area contributed by atoms with Crippen molar-refractivity contribution in [1.29, 1.82) is 0 Å². The summed E-state index contributed by atoms with van der Waals surface area (Å²) in [4.78, 5) is 17.5. The third-order valence-electron chi connectivity index (χ3n) is 5.84. The molecule has 0 spiro atoms. The number of piperazine rings is 1. The van der Waals surface area contributed by atoms with Gasteiger partial charge in [-0.2, -0.15) is 0 Å². The van der Waals surface area contributed by atoms with Gasteiger partial charge in [0.05, 0.1) is 14.2 Å². The van der Waals surface area contributed by atoms with Crippen molar-refractivity contribution in [3.8, 4) is 23.0 Å². The van der Waals surface area contributed by atoms with E-state index >= 15 is 0 Å². The number of benzene rings is 2. The van der Waals surface area contributed by atoms with Crippen LogP contribution >= 0.6 is 0 Å². The molecule has 4 rings (SSSR count). The van der Waals surface area contributed by atoms with Crippen LogP contribution in [-0.4, -0.2) is 69.3 Å². The molecule has 7 nitrogen and oxygen atoms in total. The zero-order valence-electron chi connectivity index (χ0n) is 18.8. The van der Waals surface area contributed by atoms with E-state index in [9.17, 15) is 4.79 Å². The topological polar surface area (TPSA) is 60.5 Å². The molecule has 2 aliphatic heterocycles. The molecular weight excluding hydrogens is 408 g/mol. The average molecular weight is 439 g/mol. The lowest BCUT2D eigenvalue weighted by molar-refractivity contribution is 0.0627. The van der Waals surface area contributed by atoms with Crippen LogP contribution in [0, 0.1) is 0 Å². The van der Waals surface area contributed by atoms with Gasteiger partial charge in [-0.05, 0) is 36.2 Å². The molecule has 0 radical (unpaired) electrons. The van der Waals surface area contributed by atoms with Crippen LogP contribution in [0.2, 0.25) is 0 Å². The van der Waals surface area contributed by atoms with E-state index in [1.807, 2.05) is 17.0 Å². The molecule has 0 saturated carbocycles. The third kappa shape index (κ3) is 4.67. The van der Waals surface area contributed by atoms with Gasteiger partial charge >= 0.3 is 0 Å². The molecule has 2 aromatic rings. The van der Waals surface area contributed by atoms with Crippen molar-refractivity contribution in [1.82, 2.24) is 9.80 Å². The molecule has 0 atom stereocenters. The molecule has 7 heteroatoms. The van der Waals surface area contributed by atoms with Crippen LogP contribution in [-0.2, 0) is 13.0 Å². The normalized spacial score (nSPS) is 15.9. The molecule has 1 amide bonds. The van der Waals surface area contributed by atoms with Crippen LogP contribution in [0.4, 0.5) is 0 Å². The molecule has 1 saturated heterocycles. The van der Waals surface area contributed by atoms with Gasteiger partial charge in [0.15, 0.2) is 23.0 Å². The Hall–Kier alpha value is -3.19. The molecular formula is C25H30N2O5.